The van der Waals surface area contributed by atoms with Gasteiger partial charge in [0, 0.05) is 47.6 Å². The summed E-state index contributed by atoms with van der Waals surface area (Å²) in [5.41, 5.74) is 1.31. The number of nitrogens with one attached hydrogen (secondary N) is 1. The molecular weight excluding hydrogens is 420 g/mol. The van der Waals surface area contributed by atoms with Crippen molar-refractivity contribution in [1.29, 1.82) is 0 Å². The number of nitrogens with zero attached hydrogens (tertiary/aromatic N) is 1. The molecule has 0 unspecified atom stereocenters. The summed E-state index contributed by atoms with van der Waals surface area (Å²) < 4.78 is 0.916. The summed E-state index contributed by atoms with van der Waals surface area (Å²) in [6.45, 7) is 1.24. The molecule has 0 aliphatic carbocycles. The van der Waals surface area contributed by atoms with Crippen LogP contribution in [-0.4, -0.2) is 41.6 Å². The molecule has 1 N–H and O–H groups in total. The number of carbonyl (C=O) groups excluding carboxylic acids is 3. The number of likely N-dealkylation sites (tertiary alicyclic amines) is 1. The van der Waals surface area contributed by atoms with E-state index in [-0.39, 0.29) is 36.5 Å². The molecule has 2 amide bonds. The average Bonchev–Trinajstić information content (AvgIpc) is 2.73. The average molecular weight is 443 g/mol. The number of piperidine rings is 1. The molecule has 0 bridgehead atoms. The highest BCUT2D eigenvalue weighted by Crippen LogP contribution is 2.15. The van der Waals surface area contributed by atoms with E-state index in [9.17, 15) is 14.4 Å². The second-order valence-corrected chi connectivity index (χ2v) is 7.85. The van der Waals surface area contributed by atoms with Gasteiger partial charge in [-0.2, -0.15) is 0 Å². The second-order valence-electron chi connectivity index (χ2n) is 6.93. The zero-order chi connectivity index (χ0) is 19.9. The molecule has 1 aliphatic rings. The predicted octanol–water partition coefficient (Wildman–Crippen LogP) is 3.83. The smallest absolute Gasteiger partial charge is 0.253 e. The van der Waals surface area contributed by atoms with Crippen LogP contribution in [0.25, 0.3) is 0 Å². The number of halogens is 1. The van der Waals surface area contributed by atoms with Crippen LogP contribution >= 0.6 is 15.9 Å². The molecule has 1 fully saturated rings. The van der Waals surface area contributed by atoms with Crippen LogP contribution in [0.1, 0.15) is 46.4 Å². The van der Waals surface area contributed by atoms with Gasteiger partial charge in [0.15, 0.2) is 5.78 Å². The molecule has 0 spiro atoms. The number of carbonyl (C=O) groups is 3. The zero-order valence-corrected chi connectivity index (χ0v) is 17.2. The highest BCUT2D eigenvalue weighted by Gasteiger charge is 2.24. The van der Waals surface area contributed by atoms with Gasteiger partial charge in [-0.1, -0.05) is 46.3 Å². The molecule has 5 nitrogen and oxygen atoms in total. The van der Waals surface area contributed by atoms with E-state index in [1.165, 1.54) is 0 Å². The SMILES string of the molecule is O=C(CCC(=O)c1ccc(Br)cc1)NC1CCN(C(=O)c2ccccc2)CC1. The molecule has 0 saturated carbocycles. The van der Waals surface area contributed by atoms with E-state index < -0.39 is 0 Å². The van der Waals surface area contributed by atoms with E-state index in [0.717, 1.165) is 17.3 Å². The first-order chi connectivity index (χ1) is 13.5. The maximum absolute atomic E-state index is 12.5. The van der Waals surface area contributed by atoms with E-state index >= 15 is 0 Å². The van der Waals surface area contributed by atoms with Crippen LogP contribution in [0.5, 0.6) is 0 Å². The van der Waals surface area contributed by atoms with E-state index in [1.54, 1.807) is 12.1 Å². The third-order valence-corrected chi connectivity index (χ3v) is 5.44. The Morgan fingerprint density at radius 1 is 0.893 bits per heavy atom. The number of hydrogen-bond acceptors (Lipinski definition) is 3. The molecule has 3 rings (SSSR count). The van der Waals surface area contributed by atoms with Crippen molar-refractivity contribution in [2.45, 2.75) is 31.7 Å². The van der Waals surface area contributed by atoms with E-state index in [1.807, 2.05) is 47.4 Å². The first-order valence-corrected chi connectivity index (χ1v) is 10.2. The lowest BCUT2D eigenvalue weighted by Crippen LogP contribution is -2.46. The minimum atomic E-state index is -0.113. The minimum absolute atomic E-state index is 0.0328. The minimum Gasteiger partial charge on any atom is -0.353 e. The lowest BCUT2D eigenvalue weighted by atomic mass is 10.0. The highest BCUT2D eigenvalue weighted by molar-refractivity contribution is 9.10. The summed E-state index contributed by atoms with van der Waals surface area (Å²) in [6, 6.07) is 16.4. The maximum Gasteiger partial charge on any atom is 0.253 e. The number of benzene rings is 2. The van der Waals surface area contributed by atoms with Crippen molar-refractivity contribution in [3.05, 3.63) is 70.2 Å². The molecule has 1 aliphatic heterocycles. The van der Waals surface area contributed by atoms with Gasteiger partial charge >= 0.3 is 0 Å². The number of ketones is 1. The van der Waals surface area contributed by atoms with Crippen molar-refractivity contribution in [3.63, 3.8) is 0 Å². The summed E-state index contributed by atoms with van der Waals surface area (Å²) >= 11 is 3.34. The largest absolute Gasteiger partial charge is 0.353 e. The Morgan fingerprint density at radius 3 is 2.18 bits per heavy atom. The first kappa shape index (κ1) is 20.3. The van der Waals surface area contributed by atoms with Crippen LogP contribution in [0.15, 0.2) is 59.1 Å². The molecule has 0 radical (unpaired) electrons. The molecule has 1 heterocycles. The van der Waals surface area contributed by atoms with Crippen LogP contribution in [0.3, 0.4) is 0 Å². The third-order valence-electron chi connectivity index (χ3n) is 4.91. The number of hydrogen-bond donors (Lipinski definition) is 1. The van der Waals surface area contributed by atoms with Gasteiger partial charge in [-0.3, -0.25) is 14.4 Å². The van der Waals surface area contributed by atoms with Crippen LogP contribution in [0, 0.1) is 0 Å². The fourth-order valence-electron chi connectivity index (χ4n) is 3.30. The van der Waals surface area contributed by atoms with Crippen LogP contribution < -0.4 is 5.32 Å². The Labute approximate surface area is 173 Å². The second kappa shape index (κ2) is 9.64. The van der Waals surface area contributed by atoms with Crippen LogP contribution in [-0.2, 0) is 4.79 Å². The number of amides is 2. The van der Waals surface area contributed by atoms with Gasteiger partial charge in [-0.15, -0.1) is 0 Å². The lowest BCUT2D eigenvalue weighted by molar-refractivity contribution is -0.122. The fraction of sp³-hybridized carbons (Fsp3) is 0.318. The van der Waals surface area contributed by atoms with Gasteiger partial charge in [-0.05, 0) is 37.1 Å². The highest BCUT2D eigenvalue weighted by atomic mass is 79.9. The Bertz CT molecular complexity index is 829. The van der Waals surface area contributed by atoms with Crippen molar-refractivity contribution in [2.75, 3.05) is 13.1 Å². The topological polar surface area (TPSA) is 66.5 Å². The summed E-state index contributed by atoms with van der Waals surface area (Å²) in [5.74, 6) is -0.116. The lowest BCUT2D eigenvalue weighted by Gasteiger charge is -2.32. The normalized spacial score (nSPS) is 14.5. The molecule has 1 saturated heterocycles. The molecule has 0 atom stereocenters. The summed E-state index contributed by atoms with van der Waals surface area (Å²) in [6.07, 6.45) is 1.83. The van der Waals surface area contributed by atoms with Gasteiger partial charge in [-0.25, -0.2) is 0 Å². The Balaban J connectivity index is 1.40. The molecule has 6 heteroatoms. The molecule has 146 valence electrons. The van der Waals surface area contributed by atoms with E-state index in [0.29, 0.717) is 24.2 Å². The number of Topliss-reactive ketones (excluding diaryl/α,β-unsaturated/α-hetero) is 1. The molecular formula is C22H23BrN2O3. The van der Waals surface area contributed by atoms with Crippen molar-refractivity contribution in [2.24, 2.45) is 0 Å². The molecule has 2 aromatic carbocycles. The fourth-order valence-corrected chi connectivity index (χ4v) is 3.56. The van der Waals surface area contributed by atoms with Gasteiger partial charge in [0.25, 0.3) is 5.91 Å². The van der Waals surface area contributed by atoms with Gasteiger partial charge < -0.3 is 10.2 Å². The predicted molar refractivity (Wildman–Crippen MR) is 111 cm³/mol. The van der Waals surface area contributed by atoms with Gasteiger partial charge in [0.05, 0.1) is 0 Å². The van der Waals surface area contributed by atoms with Crippen molar-refractivity contribution >= 4 is 33.5 Å². The molecule has 28 heavy (non-hydrogen) atoms. The van der Waals surface area contributed by atoms with Crippen molar-refractivity contribution in [3.8, 4) is 0 Å². The van der Waals surface area contributed by atoms with Gasteiger partial charge in [0.2, 0.25) is 5.91 Å². The first-order valence-electron chi connectivity index (χ1n) is 9.45. The van der Waals surface area contributed by atoms with Gasteiger partial charge in [0.1, 0.15) is 0 Å². The van der Waals surface area contributed by atoms with Crippen molar-refractivity contribution < 1.29 is 14.4 Å². The quantitative estimate of drug-likeness (QED) is 0.691. The summed E-state index contributed by atoms with van der Waals surface area (Å²) in [5, 5.41) is 3.00. The molecule has 2 aromatic rings. The van der Waals surface area contributed by atoms with E-state index in [4.69, 9.17) is 0 Å². The van der Waals surface area contributed by atoms with Crippen molar-refractivity contribution in [1.82, 2.24) is 10.2 Å². The summed E-state index contributed by atoms with van der Waals surface area (Å²) in [7, 11) is 0. The van der Waals surface area contributed by atoms with Crippen LogP contribution in [0.2, 0.25) is 0 Å². The summed E-state index contributed by atoms with van der Waals surface area (Å²) in [4.78, 5) is 38.6. The Kier molecular flexibility index (Phi) is 6.98. The zero-order valence-electron chi connectivity index (χ0n) is 15.6. The monoisotopic (exact) mass is 442 g/mol. The Morgan fingerprint density at radius 2 is 1.54 bits per heavy atom. The Hall–Kier alpha value is -2.47. The number of rotatable bonds is 6. The van der Waals surface area contributed by atoms with E-state index in [2.05, 4.69) is 21.2 Å². The standard InChI is InChI=1S/C22H23BrN2O3/c23-18-8-6-16(7-9-18)20(26)10-11-21(27)24-19-12-14-25(15-13-19)22(28)17-4-2-1-3-5-17/h1-9,19H,10-15H2,(H,24,27). The third kappa shape index (κ3) is 5.52. The van der Waals surface area contributed by atoms with Crippen LogP contribution in [0.4, 0.5) is 0 Å². The molecule has 0 aromatic heterocycles. The maximum atomic E-state index is 12.5.